The van der Waals surface area contributed by atoms with Gasteiger partial charge in [0.1, 0.15) is 13.2 Å². The Morgan fingerprint density at radius 2 is 1.93 bits per heavy atom. The fourth-order valence-corrected chi connectivity index (χ4v) is 8.91. The Labute approximate surface area is 179 Å². The molecule has 5 aliphatic rings. The zero-order chi connectivity index (χ0) is 20.7. The molecular weight excluding hydrogens is 376 g/mol. The second kappa shape index (κ2) is 6.18. The van der Waals surface area contributed by atoms with Crippen LogP contribution in [0.15, 0.2) is 17.7 Å². The van der Waals surface area contributed by atoms with Gasteiger partial charge in [0.15, 0.2) is 11.5 Å². The summed E-state index contributed by atoms with van der Waals surface area (Å²) in [6, 6.07) is 2.21. The molecule has 4 nitrogen and oxygen atoms in total. The third-order valence-electron chi connectivity index (χ3n) is 10.2. The van der Waals surface area contributed by atoms with Gasteiger partial charge in [-0.1, -0.05) is 19.9 Å². The highest BCUT2D eigenvalue weighted by molar-refractivity contribution is 5.62. The molecule has 0 spiro atoms. The molecule has 30 heavy (non-hydrogen) atoms. The van der Waals surface area contributed by atoms with Gasteiger partial charge in [-0.15, -0.1) is 0 Å². The van der Waals surface area contributed by atoms with Crippen molar-refractivity contribution in [2.45, 2.75) is 64.7 Å². The van der Waals surface area contributed by atoms with Gasteiger partial charge in [0, 0.05) is 5.56 Å². The highest BCUT2D eigenvalue weighted by Crippen LogP contribution is 2.80. The highest BCUT2D eigenvalue weighted by atomic mass is 16.6. The molecule has 1 heterocycles. The molecule has 2 saturated carbocycles. The largest absolute Gasteiger partial charge is 0.493 e. The van der Waals surface area contributed by atoms with Crippen LogP contribution in [0.5, 0.6) is 17.2 Å². The number of hydrogen-bond donors (Lipinski definition) is 1. The monoisotopic (exact) mass is 410 g/mol. The minimum atomic E-state index is 0.200. The fourth-order valence-electron chi connectivity index (χ4n) is 8.91. The summed E-state index contributed by atoms with van der Waals surface area (Å²) in [6.07, 6.45) is 10.9. The van der Waals surface area contributed by atoms with E-state index >= 15 is 0 Å². The molecule has 6 rings (SSSR count). The van der Waals surface area contributed by atoms with Crippen LogP contribution in [0.4, 0.5) is 0 Å². The van der Waals surface area contributed by atoms with Gasteiger partial charge in [-0.3, -0.25) is 0 Å². The SMILES string of the molecule is CC[C@@]12CCC3(C=C1CO)[C@@H]1CCc4cc(OC)c5c(c4[C@H]1CC[C@@]32C)OCCO5. The molecule has 4 heteroatoms. The lowest BCUT2D eigenvalue weighted by Gasteiger charge is -2.57. The number of benzene rings is 1. The van der Waals surface area contributed by atoms with E-state index < -0.39 is 0 Å². The quantitative estimate of drug-likeness (QED) is 0.711. The summed E-state index contributed by atoms with van der Waals surface area (Å²) in [5.41, 5.74) is 4.81. The molecule has 1 aliphatic heterocycles. The zero-order valence-corrected chi connectivity index (χ0v) is 18.6. The van der Waals surface area contributed by atoms with E-state index in [4.69, 9.17) is 14.2 Å². The molecule has 0 saturated heterocycles. The molecule has 1 aromatic rings. The maximum atomic E-state index is 10.3. The molecule has 0 radical (unpaired) electrons. The minimum Gasteiger partial charge on any atom is -0.493 e. The molecule has 4 aliphatic carbocycles. The Morgan fingerprint density at radius 1 is 1.13 bits per heavy atom. The van der Waals surface area contributed by atoms with E-state index in [-0.39, 0.29) is 22.9 Å². The number of rotatable bonds is 3. The van der Waals surface area contributed by atoms with Gasteiger partial charge in [0.2, 0.25) is 5.75 Å². The lowest BCUT2D eigenvalue weighted by atomic mass is 9.46. The lowest BCUT2D eigenvalue weighted by Crippen LogP contribution is -2.50. The molecule has 1 unspecified atom stereocenters. The molecule has 2 bridgehead atoms. The van der Waals surface area contributed by atoms with E-state index in [9.17, 15) is 5.11 Å². The number of methoxy groups -OCH3 is 1. The Bertz CT molecular complexity index is 935. The third-order valence-corrected chi connectivity index (χ3v) is 10.2. The average Bonchev–Trinajstić information content (AvgIpc) is 3.19. The summed E-state index contributed by atoms with van der Waals surface area (Å²) in [6.45, 7) is 6.31. The normalized spacial score (nSPS) is 40.3. The van der Waals surface area contributed by atoms with E-state index in [0.717, 1.165) is 30.1 Å². The van der Waals surface area contributed by atoms with Crippen LogP contribution >= 0.6 is 0 Å². The summed E-state index contributed by atoms with van der Waals surface area (Å²) in [5, 5.41) is 10.3. The van der Waals surface area contributed by atoms with Crippen molar-refractivity contribution in [3.05, 3.63) is 28.8 Å². The number of aliphatic hydroxyl groups is 1. The lowest BCUT2D eigenvalue weighted by molar-refractivity contribution is -0.0440. The maximum absolute atomic E-state index is 10.3. The predicted octanol–water partition coefficient (Wildman–Crippen LogP) is 5.02. The van der Waals surface area contributed by atoms with Crippen LogP contribution in [-0.2, 0) is 6.42 Å². The van der Waals surface area contributed by atoms with E-state index in [1.807, 2.05) is 0 Å². The molecular formula is C26H34O4. The third kappa shape index (κ3) is 1.94. The van der Waals surface area contributed by atoms with Crippen molar-refractivity contribution in [1.82, 2.24) is 0 Å². The van der Waals surface area contributed by atoms with Crippen LogP contribution in [0.3, 0.4) is 0 Å². The minimum absolute atomic E-state index is 0.200. The van der Waals surface area contributed by atoms with Crippen molar-refractivity contribution in [3.63, 3.8) is 0 Å². The summed E-state index contributed by atoms with van der Waals surface area (Å²) < 4.78 is 17.9. The van der Waals surface area contributed by atoms with Crippen molar-refractivity contribution in [2.24, 2.45) is 22.2 Å². The number of fused-ring (bicyclic) bond motifs is 5. The highest BCUT2D eigenvalue weighted by Gasteiger charge is 2.72. The zero-order valence-electron chi connectivity index (χ0n) is 18.6. The molecule has 1 N–H and O–H groups in total. The standard InChI is InChI=1S/C26H34O4/c1-4-25-9-10-26(14-17(25)15-27)19-6-5-16-13-20(28-3)22-23(30-12-11-29-22)21(16)18(19)7-8-24(25,26)2/h13-14,18-19,27H,4-12,15H2,1-3H3/t18-,19+,24+,25+,26?/m0/s1. The number of aryl methyl sites for hydroxylation is 1. The van der Waals surface area contributed by atoms with Crippen molar-refractivity contribution >= 4 is 0 Å². The molecule has 1 aromatic carbocycles. The first-order valence-corrected chi connectivity index (χ1v) is 11.9. The Hall–Kier alpha value is -1.68. The van der Waals surface area contributed by atoms with Crippen LogP contribution < -0.4 is 14.2 Å². The van der Waals surface area contributed by atoms with Crippen LogP contribution in [0.1, 0.15) is 69.4 Å². The molecule has 162 valence electrons. The van der Waals surface area contributed by atoms with Crippen LogP contribution in [0.2, 0.25) is 0 Å². The van der Waals surface area contributed by atoms with Gasteiger partial charge in [-0.25, -0.2) is 0 Å². The van der Waals surface area contributed by atoms with Crippen molar-refractivity contribution in [2.75, 3.05) is 26.9 Å². The van der Waals surface area contributed by atoms with Crippen LogP contribution in [0, 0.1) is 22.2 Å². The first-order valence-electron chi connectivity index (χ1n) is 11.9. The van der Waals surface area contributed by atoms with Gasteiger partial charge in [0.05, 0.1) is 13.7 Å². The van der Waals surface area contributed by atoms with Gasteiger partial charge in [-0.05, 0) is 90.2 Å². The van der Waals surface area contributed by atoms with Crippen molar-refractivity contribution in [3.8, 4) is 17.2 Å². The average molecular weight is 411 g/mol. The molecule has 0 amide bonds. The number of ether oxygens (including phenoxy) is 3. The van der Waals surface area contributed by atoms with E-state index in [2.05, 4.69) is 26.0 Å². The Morgan fingerprint density at radius 3 is 2.67 bits per heavy atom. The first kappa shape index (κ1) is 19.0. The van der Waals surface area contributed by atoms with E-state index in [1.54, 1.807) is 7.11 Å². The van der Waals surface area contributed by atoms with Crippen molar-refractivity contribution in [1.29, 1.82) is 0 Å². The van der Waals surface area contributed by atoms with Crippen LogP contribution in [0.25, 0.3) is 0 Å². The topological polar surface area (TPSA) is 47.9 Å². The fraction of sp³-hybridized carbons (Fsp3) is 0.692. The first-order chi connectivity index (χ1) is 14.5. The molecule has 5 atom stereocenters. The van der Waals surface area contributed by atoms with Gasteiger partial charge >= 0.3 is 0 Å². The molecule has 2 fully saturated rings. The second-order valence-corrected chi connectivity index (χ2v) is 10.4. The van der Waals surface area contributed by atoms with Gasteiger partial charge < -0.3 is 19.3 Å². The van der Waals surface area contributed by atoms with Crippen LogP contribution in [-0.4, -0.2) is 32.0 Å². The Balaban J connectivity index is 1.51. The maximum Gasteiger partial charge on any atom is 0.204 e. The Kier molecular flexibility index (Phi) is 3.92. The number of aliphatic hydroxyl groups excluding tert-OH is 1. The predicted molar refractivity (Wildman–Crippen MR) is 115 cm³/mol. The summed E-state index contributed by atoms with van der Waals surface area (Å²) in [4.78, 5) is 0. The van der Waals surface area contributed by atoms with Crippen molar-refractivity contribution < 1.29 is 19.3 Å². The smallest absolute Gasteiger partial charge is 0.204 e. The van der Waals surface area contributed by atoms with E-state index in [0.29, 0.717) is 25.0 Å². The number of hydrogen-bond acceptors (Lipinski definition) is 4. The molecule has 0 aromatic heterocycles. The number of allylic oxidation sites excluding steroid dienone is 1. The van der Waals surface area contributed by atoms with Gasteiger partial charge in [-0.2, -0.15) is 0 Å². The second-order valence-electron chi connectivity index (χ2n) is 10.4. The summed E-state index contributed by atoms with van der Waals surface area (Å²) in [5.74, 6) is 3.69. The van der Waals surface area contributed by atoms with Gasteiger partial charge in [0.25, 0.3) is 0 Å². The van der Waals surface area contributed by atoms with E-state index in [1.165, 1.54) is 48.8 Å². The summed E-state index contributed by atoms with van der Waals surface area (Å²) in [7, 11) is 1.72. The summed E-state index contributed by atoms with van der Waals surface area (Å²) >= 11 is 0.